The summed E-state index contributed by atoms with van der Waals surface area (Å²) in [5, 5.41) is 3.72. The molecule has 2 aromatic rings. The van der Waals surface area contributed by atoms with E-state index in [2.05, 4.69) is 24.4 Å². The van der Waals surface area contributed by atoms with Gasteiger partial charge in [0.1, 0.15) is 0 Å². The van der Waals surface area contributed by atoms with Crippen LogP contribution >= 0.6 is 11.6 Å². The van der Waals surface area contributed by atoms with Crippen LogP contribution in [-0.4, -0.2) is 5.91 Å². The highest BCUT2D eigenvalue weighted by Crippen LogP contribution is 2.15. The molecule has 22 heavy (non-hydrogen) atoms. The van der Waals surface area contributed by atoms with Gasteiger partial charge in [0.15, 0.2) is 11.9 Å². The summed E-state index contributed by atoms with van der Waals surface area (Å²) in [6.07, 6.45) is 3.00. The van der Waals surface area contributed by atoms with Crippen molar-refractivity contribution in [2.45, 2.75) is 39.8 Å². The third kappa shape index (κ3) is 4.31. The van der Waals surface area contributed by atoms with E-state index in [1.54, 1.807) is 0 Å². The van der Waals surface area contributed by atoms with Crippen molar-refractivity contribution in [2.24, 2.45) is 0 Å². The van der Waals surface area contributed by atoms with Gasteiger partial charge in [-0.05, 0) is 37.1 Å². The Labute approximate surface area is 136 Å². The predicted octanol–water partition coefficient (Wildman–Crippen LogP) is 3.38. The average Bonchev–Trinajstić information content (AvgIpc) is 2.50. The molecule has 0 aliphatic heterocycles. The minimum Gasteiger partial charge on any atom is -0.344 e. The van der Waals surface area contributed by atoms with Crippen molar-refractivity contribution in [3.63, 3.8) is 0 Å². The van der Waals surface area contributed by atoms with Crippen molar-refractivity contribution in [2.75, 3.05) is 0 Å². The van der Waals surface area contributed by atoms with Gasteiger partial charge in [-0.3, -0.25) is 4.79 Å². The molecule has 0 saturated heterocycles. The van der Waals surface area contributed by atoms with Crippen LogP contribution in [0, 0.1) is 6.92 Å². The molecule has 1 heterocycles. The highest BCUT2D eigenvalue weighted by atomic mass is 35.5. The van der Waals surface area contributed by atoms with Crippen LogP contribution in [0.1, 0.15) is 36.7 Å². The Bertz CT molecular complexity index is 653. The van der Waals surface area contributed by atoms with Crippen molar-refractivity contribution >= 4 is 17.5 Å². The van der Waals surface area contributed by atoms with Gasteiger partial charge in [-0.15, -0.1) is 0 Å². The number of hydrogen-bond acceptors (Lipinski definition) is 1. The fourth-order valence-electron chi connectivity index (χ4n) is 2.32. The van der Waals surface area contributed by atoms with Crippen LogP contribution in [0.25, 0.3) is 0 Å². The van der Waals surface area contributed by atoms with Gasteiger partial charge >= 0.3 is 0 Å². The van der Waals surface area contributed by atoms with Crippen LogP contribution in [-0.2, 0) is 17.8 Å². The van der Waals surface area contributed by atoms with E-state index >= 15 is 0 Å². The first kappa shape index (κ1) is 16.5. The van der Waals surface area contributed by atoms with Gasteiger partial charge in [0.25, 0.3) is 5.91 Å². The second-order valence-corrected chi connectivity index (χ2v) is 5.94. The molecule has 2 rings (SSSR count). The van der Waals surface area contributed by atoms with Crippen LogP contribution in [0.15, 0.2) is 42.6 Å². The summed E-state index contributed by atoms with van der Waals surface area (Å²) < 4.78 is 1.99. The van der Waals surface area contributed by atoms with Gasteiger partial charge < -0.3 is 5.32 Å². The quantitative estimate of drug-likeness (QED) is 0.843. The number of carbonyl (C=O) groups is 1. The number of halogens is 1. The topological polar surface area (TPSA) is 33.0 Å². The second-order valence-electron chi connectivity index (χ2n) is 5.50. The van der Waals surface area contributed by atoms with E-state index in [4.69, 9.17) is 11.6 Å². The summed E-state index contributed by atoms with van der Waals surface area (Å²) >= 11 is 5.88. The van der Waals surface area contributed by atoms with E-state index in [1.165, 1.54) is 5.56 Å². The van der Waals surface area contributed by atoms with Gasteiger partial charge in [-0.2, -0.15) is 4.57 Å². The lowest BCUT2D eigenvalue weighted by molar-refractivity contribution is -0.690. The van der Waals surface area contributed by atoms with Crippen LogP contribution < -0.4 is 9.88 Å². The van der Waals surface area contributed by atoms with E-state index in [0.717, 1.165) is 17.7 Å². The third-order valence-electron chi connectivity index (χ3n) is 3.78. The lowest BCUT2D eigenvalue weighted by Gasteiger charge is -2.13. The summed E-state index contributed by atoms with van der Waals surface area (Å²) in [6, 6.07) is 11.6. The van der Waals surface area contributed by atoms with Gasteiger partial charge in [0, 0.05) is 23.6 Å². The number of nitrogens with zero attached hydrogens (tertiary/aromatic N) is 1. The summed E-state index contributed by atoms with van der Waals surface area (Å²) in [7, 11) is 0. The highest BCUT2D eigenvalue weighted by molar-refractivity contribution is 6.30. The van der Waals surface area contributed by atoms with E-state index in [1.807, 2.05) is 48.9 Å². The molecule has 0 aliphatic carbocycles. The molecule has 1 aromatic carbocycles. The first-order valence-corrected chi connectivity index (χ1v) is 7.91. The average molecular weight is 318 g/mol. The number of amides is 1. The van der Waals surface area contributed by atoms with E-state index in [-0.39, 0.29) is 11.9 Å². The summed E-state index contributed by atoms with van der Waals surface area (Å²) in [6.45, 7) is 6.42. The normalized spacial score (nSPS) is 12.0. The Kier molecular flexibility index (Phi) is 5.56. The zero-order chi connectivity index (χ0) is 16.1. The van der Waals surface area contributed by atoms with E-state index in [9.17, 15) is 4.79 Å². The van der Waals surface area contributed by atoms with Crippen molar-refractivity contribution in [3.05, 3.63) is 64.4 Å². The SMILES string of the molecule is CCc1ccc(C)[n+](CC(=O)N[C@H](C)c2ccc(Cl)cc2)c1. The second kappa shape index (κ2) is 7.41. The standard InChI is InChI=1S/C18H21ClN2O/c1-4-15-6-5-13(2)21(11-15)12-18(22)20-14(3)16-7-9-17(19)10-8-16/h5-11,14H,4,12H2,1-3H3/p+1/t14-/m1/s1. The molecule has 4 heteroatoms. The minimum atomic E-state index is -0.0416. The molecule has 1 amide bonds. The molecule has 116 valence electrons. The fourth-order valence-corrected chi connectivity index (χ4v) is 2.45. The Hall–Kier alpha value is -1.87. The smallest absolute Gasteiger partial charge is 0.286 e. The fraction of sp³-hybridized carbons (Fsp3) is 0.333. The van der Waals surface area contributed by atoms with Crippen molar-refractivity contribution < 1.29 is 9.36 Å². The number of benzene rings is 1. The molecular weight excluding hydrogens is 296 g/mol. The maximum atomic E-state index is 12.3. The molecule has 0 radical (unpaired) electrons. The maximum Gasteiger partial charge on any atom is 0.286 e. The lowest BCUT2D eigenvalue weighted by atomic mass is 10.1. The molecule has 0 fully saturated rings. The molecule has 0 spiro atoms. The first-order chi connectivity index (χ1) is 10.5. The highest BCUT2D eigenvalue weighted by Gasteiger charge is 2.16. The molecule has 0 unspecified atom stereocenters. The Balaban J connectivity index is 2.02. The number of hydrogen-bond donors (Lipinski definition) is 1. The van der Waals surface area contributed by atoms with E-state index in [0.29, 0.717) is 11.6 Å². The van der Waals surface area contributed by atoms with Gasteiger partial charge in [0.05, 0.1) is 6.04 Å². The number of aromatic nitrogens is 1. The van der Waals surface area contributed by atoms with Crippen LogP contribution in [0.5, 0.6) is 0 Å². The Morgan fingerprint density at radius 2 is 1.91 bits per heavy atom. The molecule has 1 aromatic heterocycles. The number of pyridine rings is 1. The number of aryl methyl sites for hydroxylation is 2. The van der Waals surface area contributed by atoms with E-state index < -0.39 is 0 Å². The van der Waals surface area contributed by atoms with Gasteiger partial charge in [-0.25, -0.2) is 0 Å². The Morgan fingerprint density at radius 1 is 1.23 bits per heavy atom. The maximum absolute atomic E-state index is 12.3. The van der Waals surface area contributed by atoms with Gasteiger partial charge in [-0.1, -0.05) is 30.7 Å². The summed E-state index contributed by atoms with van der Waals surface area (Å²) in [4.78, 5) is 12.3. The minimum absolute atomic E-state index is 0.00352. The lowest BCUT2D eigenvalue weighted by Crippen LogP contribution is -2.45. The number of rotatable bonds is 5. The van der Waals surface area contributed by atoms with Crippen LogP contribution in [0.2, 0.25) is 5.02 Å². The largest absolute Gasteiger partial charge is 0.344 e. The summed E-state index contributed by atoms with van der Waals surface area (Å²) in [5.74, 6) is 0.00352. The molecular formula is C18H22ClN2O+. The molecule has 0 saturated carbocycles. The van der Waals surface area contributed by atoms with Crippen molar-refractivity contribution in [1.29, 1.82) is 0 Å². The predicted molar refractivity (Wildman–Crippen MR) is 88.8 cm³/mol. The molecule has 0 aliphatic rings. The molecule has 0 bridgehead atoms. The monoisotopic (exact) mass is 317 g/mol. The zero-order valence-corrected chi connectivity index (χ0v) is 14.0. The zero-order valence-electron chi connectivity index (χ0n) is 13.3. The number of carbonyl (C=O) groups excluding carboxylic acids is 1. The summed E-state index contributed by atoms with van der Waals surface area (Å²) in [5.41, 5.74) is 3.34. The Morgan fingerprint density at radius 3 is 2.55 bits per heavy atom. The van der Waals surface area contributed by atoms with Crippen LogP contribution in [0.3, 0.4) is 0 Å². The molecule has 3 nitrogen and oxygen atoms in total. The molecule has 1 atom stereocenters. The van der Waals surface area contributed by atoms with Gasteiger partial charge in [0.2, 0.25) is 6.54 Å². The molecule has 1 N–H and O–H groups in total. The third-order valence-corrected chi connectivity index (χ3v) is 4.03. The number of nitrogens with one attached hydrogen (secondary N) is 1. The van der Waals surface area contributed by atoms with Crippen molar-refractivity contribution in [1.82, 2.24) is 5.32 Å². The van der Waals surface area contributed by atoms with Crippen molar-refractivity contribution in [3.8, 4) is 0 Å². The first-order valence-electron chi connectivity index (χ1n) is 7.53. The van der Waals surface area contributed by atoms with Crippen LogP contribution in [0.4, 0.5) is 0 Å².